The van der Waals surface area contributed by atoms with E-state index >= 15 is 0 Å². The van der Waals surface area contributed by atoms with Gasteiger partial charge in [0.1, 0.15) is 24.4 Å². The van der Waals surface area contributed by atoms with Crippen molar-refractivity contribution in [3.63, 3.8) is 0 Å². The average Bonchev–Trinajstić information content (AvgIpc) is 3.06. The Labute approximate surface area is 199 Å². The Balaban J connectivity index is 1.50. The van der Waals surface area contributed by atoms with Crippen LogP contribution in [-0.2, 0) is 32.2 Å². The number of aliphatic hydroxyl groups excluding tert-OH is 2. The third-order valence-electron chi connectivity index (χ3n) is 4.86. The summed E-state index contributed by atoms with van der Waals surface area (Å²) in [7, 11) is 0. The van der Waals surface area contributed by atoms with Crippen molar-refractivity contribution in [1.82, 2.24) is 0 Å². The van der Waals surface area contributed by atoms with Crippen LogP contribution in [0.5, 0.6) is 0 Å². The van der Waals surface area contributed by atoms with Gasteiger partial charge < -0.3 is 29.2 Å². The van der Waals surface area contributed by atoms with E-state index in [1.165, 1.54) is 0 Å². The van der Waals surface area contributed by atoms with Gasteiger partial charge in [-0.3, -0.25) is 0 Å². The first-order chi connectivity index (χ1) is 14.7. The van der Waals surface area contributed by atoms with Gasteiger partial charge in [-0.1, -0.05) is 56.1 Å². The van der Waals surface area contributed by atoms with Gasteiger partial charge in [-0.05, 0) is 49.2 Å². The van der Waals surface area contributed by atoms with E-state index in [0.29, 0.717) is 13.2 Å². The zero-order chi connectivity index (χ0) is 22.4. The highest BCUT2D eigenvalue weighted by atomic mass is 79.9. The van der Waals surface area contributed by atoms with Crippen molar-refractivity contribution in [2.45, 2.75) is 57.3 Å². The molecule has 0 spiro atoms. The van der Waals surface area contributed by atoms with Gasteiger partial charge in [0, 0.05) is 8.95 Å². The van der Waals surface area contributed by atoms with Gasteiger partial charge in [0.15, 0.2) is 5.79 Å². The van der Waals surface area contributed by atoms with E-state index in [9.17, 15) is 10.2 Å². The number of halogens is 2. The molecule has 0 aromatic heterocycles. The lowest BCUT2D eigenvalue weighted by Crippen LogP contribution is -2.45. The zero-order valence-corrected chi connectivity index (χ0v) is 20.7. The molecule has 1 heterocycles. The largest absolute Gasteiger partial charge is 0.388 e. The molecule has 0 aliphatic carbocycles. The Hall–Kier alpha value is -0.840. The fourth-order valence-corrected chi connectivity index (χ4v) is 3.89. The minimum Gasteiger partial charge on any atom is -0.388 e. The van der Waals surface area contributed by atoms with Gasteiger partial charge in [0.25, 0.3) is 0 Å². The number of aliphatic hydroxyl groups is 2. The molecular weight excluding hydrogens is 532 g/mol. The molecule has 31 heavy (non-hydrogen) atoms. The van der Waals surface area contributed by atoms with Crippen LogP contribution in [-0.4, -0.2) is 53.6 Å². The summed E-state index contributed by atoms with van der Waals surface area (Å²) >= 11 is 6.80. The highest BCUT2D eigenvalue weighted by molar-refractivity contribution is 9.10. The molecule has 2 N–H and O–H groups in total. The molecule has 0 saturated carbocycles. The highest BCUT2D eigenvalue weighted by Gasteiger charge is 2.48. The molecule has 1 aliphatic rings. The Kier molecular flexibility index (Phi) is 9.07. The van der Waals surface area contributed by atoms with E-state index < -0.39 is 30.2 Å². The number of benzene rings is 2. The topological polar surface area (TPSA) is 77.4 Å². The Bertz CT molecular complexity index is 744. The van der Waals surface area contributed by atoms with Crippen molar-refractivity contribution >= 4 is 31.9 Å². The predicted molar refractivity (Wildman–Crippen MR) is 123 cm³/mol. The third kappa shape index (κ3) is 7.61. The molecule has 8 heteroatoms. The van der Waals surface area contributed by atoms with Crippen molar-refractivity contribution in [3.8, 4) is 0 Å². The quantitative estimate of drug-likeness (QED) is 0.454. The summed E-state index contributed by atoms with van der Waals surface area (Å²) in [5, 5.41) is 21.3. The Morgan fingerprint density at radius 3 is 1.48 bits per heavy atom. The van der Waals surface area contributed by atoms with Crippen molar-refractivity contribution < 1.29 is 29.2 Å². The highest BCUT2D eigenvalue weighted by Crippen LogP contribution is 2.32. The maximum atomic E-state index is 10.7. The van der Waals surface area contributed by atoms with E-state index in [4.69, 9.17) is 18.9 Å². The van der Waals surface area contributed by atoms with Crippen LogP contribution >= 0.6 is 31.9 Å². The van der Waals surface area contributed by atoms with Crippen LogP contribution in [0.4, 0.5) is 0 Å². The van der Waals surface area contributed by atoms with Gasteiger partial charge in [0.05, 0.1) is 26.4 Å². The molecule has 0 bridgehead atoms. The van der Waals surface area contributed by atoms with E-state index in [-0.39, 0.29) is 13.2 Å². The van der Waals surface area contributed by atoms with Gasteiger partial charge >= 0.3 is 0 Å². The summed E-state index contributed by atoms with van der Waals surface area (Å²) in [6.45, 7) is 4.36. The number of ether oxygens (including phenoxy) is 4. The van der Waals surface area contributed by atoms with E-state index in [1.807, 2.05) is 48.5 Å². The minimum atomic E-state index is -0.955. The van der Waals surface area contributed by atoms with Crippen molar-refractivity contribution in [2.24, 2.45) is 0 Å². The molecule has 0 unspecified atom stereocenters. The molecule has 1 aliphatic heterocycles. The standard InChI is InChI=1S/C23H28Br2O6/c1-23(2)30-21(19(26)13-28-11-15-3-7-17(24)8-4-15)22(31-23)20(27)14-29-12-16-5-9-18(25)10-6-16/h3-10,19-22,26-27H,11-14H2,1-2H3/t19-,20-,21-,22-/m1/s1. The number of hydrogen-bond acceptors (Lipinski definition) is 6. The summed E-state index contributed by atoms with van der Waals surface area (Å²) in [5.74, 6) is -0.922. The summed E-state index contributed by atoms with van der Waals surface area (Å²) in [5.41, 5.74) is 1.99. The van der Waals surface area contributed by atoms with Crippen LogP contribution in [0.2, 0.25) is 0 Å². The molecule has 2 aromatic carbocycles. The molecule has 1 fully saturated rings. The smallest absolute Gasteiger partial charge is 0.164 e. The molecular formula is C23H28Br2O6. The molecule has 170 valence electrons. The van der Waals surface area contributed by atoms with Crippen LogP contribution in [0, 0.1) is 0 Å². The monoisotopic (exact) mass is 558 g/mol. The molecule has 4 atom stereocenters. The zero-order valence-electron chi connectivity index (χ0n) is 17.5. The first-order valence-electron chi connectivity index (χ1n) is 10.1. The first kappa shape index (κ1) is 24.8. The van der Waals surface area contributed by atoms with Crippen LogP contribution in [0.25, 0.3) is 0 Å². The third-order valence-corrected chi connectivity index (χ3v) is 5.92. The van der Waals surface area contributed by atoms with Crippen LogP contribution in [0.1, 0.15) is 25.0 Å². The summed E-state index contributed by atoms with van der Waals surface area (Å²) < 4.78 is 25.0. The molecule has 6 nitrogen and oxygen atoms in total. The molecule has 0 radical (unpaired) electrons. The minimum absolute atomic E-state index is 0.0587. The Morgan fingerprint density at radius 2 is 1.13 bits per heavy atom. The van der Waals surface area contributed by atoms with Gasteiger partial charge in [-0.2, -0.15) is 0 Å². The first-order valence-corrected chi connectivity index (χ1v) is 11.7. The number of rotatable bonds is 10. The second-order valence-corrected chi connectivity index (χ2v) is 9.81. The maximum Gasteiger partial charge on any atom is 0.164 e. The maximum absolute atomic E-state index is 10.7. The van der Waals surface area contributed by atoms with Crippen LogP contribution in [0.3, 0.4) is 0 Å². The lowest BCUT2D eigenvalue weighted by atomic mass is 10.0. The summed E-state index contributed by atoms with van der Waals surface area (Å²) in [4.78, 5) is 0. The van der Waals surface area contributed by atoms with Crippen molar-refractivity contribution in [1.29, 1.82) is 0 Å². The van der Waals surface area contributed by atoms with Crippen molar-refractivity contribution in [3.05, 3.63) is 68.6 Å². The van der Waals surface area contributed by atoms with Crippen LogP contribution in [0.15, 0.2) is 57.5 Å². The van der Waals surface area contributed by atoms with Gasteiger partial charge in [-0.15, -0.1) is 0 Å². The number of hydrogen-bond donors (Lipinski definition) is 2. The van der Waals surface area contributed by atoms with E-state index in [2.05, 4.69) is 31.9 Å². The lowest BCUT2D eigenvalue weighted by Gasteiger charge is -2.25. The SMILES string of the molecule is CC1(C)O[C@H]([C@H](O)COCc2ccc(Br)cc2)[C@@H]([C@H](O)COCc2ccc(Br)cc2)O1. The fourth-order valence-electron chi connectivity index (χ4n) is 3.36. The molecule has 0 amide bonds. The van der Waals surface area contributed by atoms with Gasteiger partial charge in [0.2, 0.25) is 0 Å². The van der Waals surface area contributed by atoms with Crippen molar-refractivity contribution in [2.75, 3.05) is 13.2 Å². The van der Waals surface area contributed by atoms with E-state index in [1.54, 1.807) is 13.8 Å². The summed E-state index contributed by atoms with van der Waals surface area (Å²) in [6.07, 6.45) is -3.37. The second-order valence-electron chi connectivity index (χ2n) is 7.98. The second kappa shape index (κ2) is 11.3. The molecule has 3 rings (SSSR count). The molecule has 2 aromatic rings. The Morgan fingerprint density at radius 1 is 0.774 bits per heavy atom. The van der Waals surface area contributed by atoms with Gasteiger partial charge in [-0.25, -0.2) is 0 Å². The van der Waals surface area contributed by atoms with E-state index in [0.717, 1.165) is 20.1 Å². The fraction of sp³-hybridized carbons (Fsp3) is 0.478. The predicted octanol–water partition coefficient (Wildman–Crippen LogP) is 4.19. The van der Waals surface area contributed by atoms with Crippen LogP contribution < -0.4 is 0 Å². The lowest BCUT2D eigenvalue weighted by molar-refractivity contribution is -0.165. The average molecular weight is 560 g/mol. The normalized spacial score (nSPS) is 22.4. The molecule has 1 saturated heterocycles. The summed E-state index contributed by atoms with van der Waals surface area (Å²) in [6, 6.07) is 15.5.